The molecule has 1 unspecified atom stereocenters. The molecular formula is C26H27N3O4S. The zero-order chi connectivity index (χ0) is 24.5. The molecule has 176 valence electrons. The highest BCUT2D eigenvalue weighted by Gasteiger charge is 2.30. The summed E-state index contributed by atoms with van der Waals surface area (Å²) < 4.78 is 35.3. The lowest BCUT2D eigenvalue weighted by Gasteiger charge is -2.27. The molecule has 8 heteroatoms. The number of aromatic nitrogens is 2. The Balaban J connectivity index is 1.94. The van der Waals surface area contributed by atoms with E-state index in [1.165, 1.54) is 15.9 Å². The van der Waals surface area contributed by atoms with Crippen LogP contribution in [0.15, 0.2) is 82.5 Å². The Labute approximate surface area is 199 Å². The Hall–Kier alpha value is -3.49. The molecule has 0 N–H and O–H groups in total. The molecule has 0 saturated carbocycles. The van der Waals surface area contributed by atoms with Crippen LogP contribution in [0.1, 0.15) is 31.3 Å². The molecule has 0 bridgehead atoms. The van der Waals surface area contributed by atoms with Crippen molar-refractivity contribution in [1.82, 2.24) is 13.9 Å². The topological polar surface area (TPSA) is 81.5 Å². The van der Waals surface area contributed by atoms with Gasteiger partial charge in [-0.3, -0.25) is 9.36 Å². The van der Waals surface area contributed by atoms with Gasteiger partial charge in [0, 0.05) is 7.05 Å². The Morgan fingerprint density at radius 1 is 1.00 bits per heavy atom. The predicted molar refractivity (Wildman–Crippen MR) is 133 cm³/mol. The number of aryl methyl sites for hydroxylation is 1. The standard InChI is InChI=1S/C26H27N3O4S/c1-5-33-24-13-9-8-12-23(24)29-25(27-22-11-7-6-10-21(22)26(29)30)19(3)28(4)34(31,32)20-16-14-18(2)15-17-20/h6-17,19H,5H2,1-4H3. The molecule has 0 aliphatic carbocycles. The molecule has 0 fully saturated rings. The fourth-order valence-electron chi connectivity index (χ4n) is 3.83. The molecular weight excluding hydrogens is 450 g/mol. The van der Waals surface area contributed by atoms with Crippen molar-refractivity contribution in [3.8, 4) is 11.4 Å². The first kappa shape index (κ1) is 23.7. The number of nitrogens with zero attached hydrogens (tertiary/aromatic N) is 3. The van der Waals surface area contributed by atoms with Crippen molar-refractivity contribution in [3.63, 3.8) is 0 Å². The van der Waals surface area contributed by atoms with Crippen LogP contribution in [0.3, 0.4) is 0 Å². The van der Waals surface area contributed by atoms with E-state index in [0.29, 0.717) is 34.8 Å². The molecule has 0 saturated heterocycles. The van der Waals surface area contributed by atoms with Crippen molar-refractivity contribution in [2.24, 2.45) is 0 Å². The summed E-state index contributed by atoms with van der Waals surface area (Å²) >= 11 is 0. The van der Waals surface area contributed by atoms with Crippen LogP contribution < -0.4 is 10.3 Å². The van der Waals surface area contributed by atoms with Crippen LogP contribution in [0.25, 0.3) is 16.6 Å². The van der Waals surface area contributed by atoms with Crippen molar-refractivity contribution in [2.75, 3.05) is 13.7 Å². The fraction of sp³-hybridized carbons (Fsp3) is 0.231. The lowest BCUT2D eigenvalue weighted by atomic mass is 10.2. The Morgan fingerprint density at radius 3 is 2.35 bits per heavy atom. The van der Waals surface area contributed by atoms with Gasteiger partial charge in [-0.25, -0.2) is 13.4 Å². The molecule has 1 heterocycles. The molecule has 1 atom stereocenters. The third kappa shape index (κ3) is 4.22. The number of sulfonamides is 1. The maximum Gasteiger partial charge on any atom is 0.266 e. The summed E-state index contributed by atoms with van der Waals surface area (Å²) in [6.45, 7) is 5.90. The van der Waals surface area contributed by atoms with Crippen molar-refractivity contribution in [1.29, 1.82) is 0 Å². The van der Waals surface area contributed by atoms with E-state index in [2.05, 4.69) is 0 Å². The molecule has 1 aromatic heterocycles. The number of fused-ring (bicyclic) bond motifs is 1. The molecule has 0 spiro atoms. The predicted octanol–water partition coefficient (Wildman–Crippen LogP) is 4.47. The highest BCUT2D eigenvalue weighted by atomic mass is 32.2. The normalized spacial score (nSPS) is 12.7. The van der Waals surface area contributed by atoms with Gasteiger partial charge < -0.3 is 4.74 Å². The van der Waals surface area contributed by atoms with Crippen LogP contribution in [-0.2, 0) is 10.0 Å². The van der Waals surface area contributed by atoms with E-state index < -0.39 is 16.1 Å². The van der Waals surface area contributed by atoms with Gasteiger partial charge in [-0.1, -0.05) is 42.0 Å². The number of rotatable bonds is 7. The molecule has 0 amide bonds. The van der Waals surface area contributed by atoms with Crippen molar-refractivity contribution < 1.29 is 13.2 Å². The highest BCUT2D eigenvalue weighted by molar-refractivity contribution is 7.89. The van der Waals surface area contributed by atoms with Crippen molar-refractivity contribution >= 4 is 20.9 Å². The summed E-state index contributed by atoms with van der Waals surface area (Å²) in [6.07, 6.45) is 0. The van der Waals surface area contributed by atoms with Crippen LogP contribution in [0.5, 0.6) is 5.75 Å². The smallest absolute Gasteiger partial charge is 0.266 e. The summed E-state index contributed by atoms with van der Waals surface area (Å²) in [6, 6.07) is 20.2. The Bertz CT molecular complexity index is 1500. The van der Waals surface area contributed by atoms with E-state index in [1.807, 2.05) is 19.9 Å². The van der Waals surface area contributed by atoms with Gasteiger partial charge in [0.2, 0.25) is 10.0 Å². The third-order valence-electron chi connectivity index (χ3n) is 5.82. The molecule has 4 aromatic rings. The first-order chi connectivity index (χ1) is 16.3. The van der Waals surface area contributed by atoms with E-state index in [0.717, 1.165) is 5.56 Å². The SMILES string of the molecule is CCOc1ccccc1-n1c(C(C)N(C)S(=O)(=O)c2ccc(C)cc2)nc2ccccc2c1=O. The number of benzene rings is 3. The minimum absolute atomic E-state index is 0.178. The van der Waals surface area contributed by atoms with E-state index >= 15 is 0 Å². The Morgan fingerprint density at radius 2 is 1.65 bits per heavy atom. The van der Waals surface area contributed by atoms with Crippen LogP contribution in [0.4, 0.5) is 0 Å². The average Bonchev–Trinajstić information content (AvgIpc) is 2.84. The van der Waals surface area contributed by atoms with Gasteiger partial charge in [-0.05, 0) is 57.2 Å². The Kier molecular flexibility index (Phi) is 6.54. The molecule has 0 aliphatic heterocycles. The molecule has 7 nitrogen and oxygen atoms in total. The maximum absolute atomic E-state index is 13.7. The lowest BCUT2D eigenvalue weighted by molar-refractivity contribution is 0.337. The van der Waals surface area contributed by atoms with E-state index in [4.69, 9.17) is 9.72 Å². The molecule has 3 aromatic carbocycles. The van der Waals surface area contributed by atoms with Crippen LogP contribution in [0.2, 0.25) is 0 Å². The van der Waals surface area contributed by atoms with Gasteiger partial charge in [0.15, 0.2) is 0 Å². The molecule has 0 aliphatic rings. The molecule has 0 radical (unpaired) electrons. The second-order valence-electron chi connectivity index (χ2n) is 8.04. The number of ether oxygens (including phenoxy) is 1. The minimum atomic E-state index is -3.84. The maximum atomic E-state index is 13.7. The van der Waals surface area contributed by atoms with Crippen molar-refractivity contribution in [3.05, 3.63) is 94.5 Å². The quantitative estimate of drug-likeness (QED) is 0.392. The first-order valence-electron chi connectivity index (χ1n) is 11.0. The number of hydrogen-bond acceptors (Lipinski definition) is 5. The summed E-state index contributed by atoms with van der Waals surface area (Å²) in [7, 11) is -2.34. The van der Waals surface area contributed by atoms with Gasteiger partial charge in [-0.2, -0.15) is 4.31 Å². The zero-order valence-electron chi connectivity index (χ0n) is 19.6. The zero-order valence-corrected chi connectivity index (χ0v) is 20.4. The van der Waals surface area contributed by atoms with Crippen LogP contribution >= 0.6 is 0 Å². The minimum Gasteiger partial charge on any atom is -0.492 e. The van der Waals surface area contributed by atoms with E-state index in [-0.39, 0.29) is 10.5 Å². The summed E-state index contributed by atoms with van der Waals surface area (Å²) in [5.41, 5.74) is 1.68. The summed E-state index contributed by atoms with van der Waals surface area (Å²) in [5.74, 6) is 0.815. The van der Waals surface area contributed by atoms with Gasteiger partial charge in [0.25, 0.3) is 5.56 Å². The van der Waals surface area contributed by atoms with E-state index in [1.54, 1.807) is 73.7 Å². The first-order valence-corrected chi connectivity index (χ1v) is 12.5. The fourth-order valence-corrected chi connectivity index (χ4v) is 5.15. The average molecular weight is 478 g/mol. The second kappa shape index (κ2) is 9.40. The monoisotopic (exact) mass is 477 g/mol. The third-order valence-corrected chi connectivity index (χ3v) is 7.77. The highest BCUT2D eigenvalue weighted by Crippen LogP contribution is 2.30. The molecule has 34 heavy (non-hydrogen) atoms. The van der Waals surface area contributed by atoms with Gasteiger partial charge in [-0.15, -0.1) is 0 Å². The second-order valence-corrected chi connectivity index (χ2v) is 10.0. The summed E-state index contributed by atoms with van der Waals surface area (Å²) in [4.78, 5) is 18.6. The largest absolute Gasteiger partial charge is 0.492 e. The van der Waals surface area contributed by atoms with Crippen molar-refractivity contribution in [2.45, 2.75) is 31.7 Å². The van der Waals surface area contributed by atoms with Gasteiger partial charge in [0.05, 0.1) is 34.1 Å². The number of hydrogen-bond donors (Lipinski definition) is 0. The van der Waals surface area contributed by atoms with Gasteiger partial charge >= 0.3 is 0 Å². The molecule has 4 rings (SSSR count). The van der Waals surface area contributed by atoms with Crippen LogP contribution in [0, 0.1) is 6.92 Å². The van der Waals surface area contributed by atoms with Crippen LogP contribution in [-0.4, -0.2) is 35.9 Å². The van der Waals surface area contributed by atoms with Gasteiger partial charge in [0.1, 0.15) is 11.6 Å². The van der Waals surface area contributed by atoms with E-state index in [9.17, 15) is 13.2 Å². The number of para-hydroxylation sites is 3. The lowest BCUT2D eigenvalue weighted by Crippen LogP contribution is -2.35. The summed E-state index contributed by atoms with van der Waals surface area (Å²) in [5, 5.41) is 0.439.